The fraction of sp³-hybridized carbons (Fsp3) is 0.467. The third-order valence-electron chi connectivity index (χ3n) is 3.24. The van der Waals surface area contributed by atoms with Crippen LogP contribution >= 0.6 is 0 Å². The highest BCUT2D eigenvalue weighted by molar-refractivity contribution is 6.02. The zero-order valence-electron chi connectivity index (χ0n) is 12.3. The molecule has 0 fully saturated rings. The number of nitrogens with zero attached hydrogens (tertiary/aromatic N) is 1. The number of carbonyl (C=O) groups excluding carboxylic acids is 2. The number of amides is 1. The van der Waals surface area contributed by atoms with E-state index in [4.69, 9.17) is 10.5 Å². The first kappa shape index (κ1) is 16.0. The topological polar surface area (TPSA) is 72.6 Å². The lowest BCUT2D eigenvalue weighted by molar-refractivity contribution is -0.130. The molecule has 5 heteroatoms. The molecule has 20 heavy (non-hydrogen) atoms. The summed E-state index contributed by atoms with van der Waals surface area (Å²) in [6.07, 6.45) is 0.365. The number of nitrogen functional groups attached to an aromatic ring is 1. The maximum atomic E-state index is 12.1. The van der Waals surface area contributed by atoms with Gasteiger partial charge in [0.05, 0.1) is 7.11 Å². The van der Waals surface area contributed by atoms with Crippen LogP contribution in [0, 0.1) is 0 Å². The van der Waals surface area contributed by atoms with E-state index in [0.29, 0.717) is 30.1 Å². The predicted molar refractivity (Wildman–Crippen MR) is 78.9 cm³/mol. The van der Waals surface area contributed by atoms with Gasteiger partial charge in [0, 0.05) is 37.2 Å². The van der Waals surface area contributed by atoms with E-state index in [1.54, 1.807) is 23.1 Å². The lowest BCUT2D eigenvalue weighted by atomic mass is 10.0. The van der Waals surface area contributed by atoms with Gasteiger partial charge in [-0.1, -0.05) is 0 Å². The fourth-order valence-electron chi connectivity index (χ4n) is 1.99. The molecule has 110 valence electrons. The van der Waals surface area contributed by atoms with Crippen LogP contribution in [-0.2, 0) is 4.79 Å². The fourth-order valence-corrected chi connectivity index (χ4v) is 1.99. The molecule has 0 saturated heterocycles. The predicted octanol–water partition coefficient (Wildman–Crippen LogP) is 2.11. The summed E-state index contributed by atoms with van der Waals surface area (Å²) in [6.45, 7) is 5.15. The number of carbonyl (C=O) groups is 2. The number of rotatable bonds is 7. The van der Waals surface area contributed by atoms with Crippen molar-refractivity contribution in [2.75, 3.05) is 25.9 Å². The molecule has 1 amide bonds. The number of methoxy groups -OCH3 is 1. The number of nitrogens with two attached hydrogens (primary N) is 1. The molecule has 0 aliphatic heterocycles. The van der Waals surface area contributed by atoms with Crippen molar-refractivity contribution in [2.45, 2.75) is 26.7 Å². The SMILES string of the molecule is CCN(CC)C(=O)CCC(=O)c1cc(OC)ccc1N. The molecule has 2 N–H and O–H groups in total. The van der Waals surface area contributed by atoms with Crippen LogP contribution < -0.4 is 10.5 Å². The normalized spacial score (nSPS) is 10.2. The summed E-state index contributed by atoms with van der Waals surface area (Å²) in [6, 6.07) is 4.95. The van der Waals surface area contributed by atoms with E-state index in [9.17, 15) is 9.59 Å². The van der Waals surface area contributed by atoms with E-state index in [1.807, 2.05) is 13.8 Å². The zero-order valence-corrected chi connectivity index (χ0v) is 12.3. The summed E-state index contributed by atoms with van der Waals surface area (Å²) < 4.78 is 5.08. The van der Waals surface area contributed by atoms with Crippen LogP contribution in [0.4, 0.5) is 5.69 Å². The van der Waals surface area contributed by atoms with Crippen LogP contribution in [0.3, 0.4) is 0 Å². The molecule has 1 aromatic rings. The third kappa shape index (κ3) is 3.98. The van der Waals surface area contributed by atoms with Gasteiger partial charge in [-0.25, -0.2) is 0 Å². The van der Waals surface area contributed by atoms with Gasteiger partial charge in [-0.15, -0.1) is 0 Å². The monoisotopic (exact) mass is 278 g/mol. The van der Waals surface area contributed by atoms with Crippen LogP contribution in [0.2, 0.25) is 0 Å². The van der Waals surface area contributed by atoms with E-state index in [0.717, 1.165) is 0 Å². The molecule has 0 aromatic heterocycles. The Morgan fingerprint density at radius 2 is 1.85 bits per heavy atom. The Morgan fingerprint density at radius 1 is 1.20 bits per heavy atom. The van der Waals surface area contributed by atoms with Crippen molar-refractivity contribution in [1.82, 2.24) is 4.90 Å². The second kappa shape index (κ2) is 7.53. The molecule has 0 bridgehead atoms. The van der Waals surface area contributed by atoms with E-state index < -0.39 is 0 Å². The third-order valence-corrected chi connectivity index (χ3v) is 3.24. The largest absolute Gasteiger partial charge is 0.497 e. The van der Waals surface area contributed by atoms with Gasteiger partial charge in [0.25, 0.3) is 0 Å². The molecule has 0 saturated carbocycles. The number of hydrogen-bond donors (Lipinski definition) is 1. The molecule has 0 aliphatic carbocycles. The molecule has 1 rings (SSSR count). The summed E-state index contributed by atoms with van der Waals surface area (Å²) in [4.78, 5) is 25.7. The summed E-state index contributed by atoms with van der Waals surface area (Å²) in [5.41, 5.74) is 6.61. The molecule has 0 atom stereocenters. The molecule has 0 unspecified atom stereocenters. The first-order valence-corrected chi connectivity index (χ1v) is 6.77. The summed E-state index contributed by atoms with van der Waals surface area (Å²) in [7, 11) is 1.53. The van der Waals surface area contributed by atoms with E-state index in [-0.39, 0.29) is 24.5 Å². The van der Waals surface area contributed by atoms with Crippen molar-refractivity contribution < 1.29 is 14.3 Å². The Morgan fingerprint density at radius 3 is 2.40 bits per heavy atom. The van der Waals surface area contributed by atoms with Crippen LogP contribution in [0.25, 0.3) is 0 Å². The van der Waals surface area contributed by atoms with Gasteiger partial charge in [-0.3, -0.25) is 9.59 Å². The van der Waals surface area contributed by atoms with E-state index in [1.165, 1.54) is 7.11 Å². The summed E-state index contributed by atoms with van der Waals surface area (Å²) in [5.74, 6) is 0.435. The Kier molecular flexibility index (Phi) is 6.03. The molecule has 5 nitrogen and oxygen atoms in total. The van der Waals surface area contributed by atoms with Crippen molar-refractivity contribution in [1.29, 1.82) is 0 Å². The maximum Gasteiger partial charge on any atom is 0.223 e. The Bertz CT molecular complexity index is 482. The molecule has 0 heterocycles. The van der Waals surface area contributed by atoms with Crippen molar-refractivity contribution >= 4 is 17.4 Å². The van der Waals surface area contributed by atoms with Crippen LogP contribution in [-0.4, -0.2) is 36.8 Å². The summed E-state index contributed by atoms with van der Waals surface area (Å²) >= 11 is 0. The minimum atomic E-state index is -0.137. The summed E-state index contributed by atoms with van der Waals surface area (Å²) in [5, 5.41) is 0. The van der Waals surface area contributed by atoms with E-state index in [2.05, 4.69) is 0 Å². The molecule has 0 spiro atoms. The van der Waals surface area contributed by atoms with Gasteiger partial charge in [-0.05, 0) is 32.0 Å². The Hall–Kier alpha value is -2.04. The second-order valence-electron chi connectivity index (χ2n) is 4.44. The highest BCUT2D eigenvalue weighted by Gasteiger charge is 2.15. The number of ether oxygens (including phenoxy) is 1. The van der Waals surface area contributed by atoms with Gasteiger partial charge in [-0.2, -0.15) is 0 Å². The number of benzene rings is 1. The van der Waals surface area contributed by atoms with Crippen LogP contribution in [0.1, 0.15) is 37.0 Å². The Balaban J connectivity index is 2.70. The average Bonchev–Trinajstić information content (AvgIpc) is 2.46. The van der Waals surface area contributed by atoms with Crippen molar-refractivity contribution in [3.8, 4) is 5.75 Å². The molecule has 0 radical (unpaired) electrons. The average molecular weight is 278 g/mol. The molecule has 1 aromatic carbocycles. The number of hydrogen-bond acceptors (Lipinski definition) is 4. The van der Waals surface area contributed by atoms with Gasteiger partial charge in [0.15, 0.2) is 5.78 Å². The van der Waals surface area contributed by atoms with Gasteiger partial charge in [0.1, 0.15) is 5.75 Å². The number of ketones is 1. The van der Waals surface area contributed by atoms with Crippen LogP contribution in [0.5, 0.6) is 5.75 Å². The Labute approximate surface area is 119 Å². The molecular weight excluding hydrogens is 256 g/mol. The van der Waals surface area contributed by atoms with E-state index >= 15 is 0 Å². The highest BCUT2D eigenvalue weighted by Crippen LogP contribution is 2.21. The zero-order chi connectivity index (χ0) is 15.1. The number of anilines is 1. The molecular formula is C15H22N2O3. The number of Topliss-reactive ketones (excluding diaryl/α,β-unsaturated/α-hetero) is 1. The lowest BCUT2D eigenvalue weighted by Gasteiger charge is -2.18. The quantitative estimate of drug-likeness (QED) is 0.612. The lowest BCUT2D eigenvalue weighted by Crippen LogP contribution is -2.30. The van der Waals surface area contributed by atoms with Gasteiger partial charge in [0.2, 0.25) is 5.91 Å². The van der Waals surface area contributed by atoms with Crippen molar-refractivity contribution in [3.05, 3.63) is 23.8 Å². The molecule has 0 aliphatic rings. The minimum absolute atomic E-state index is 0.00943. The van der Waals surface area contributed by atoms with Crippen molar-refractivity contribution in [2.24, 2.45) is 0 Å². The maximum absolute atomic E-state index is 12.1. The highest BCUT2D eigenvalue weighted by atomic mass is 16.5. The van der Waals surface area contributed by atoms with Crippen LogP contribution in [0.15, 0.2) is 18.2 Å². The smallest absolute Gasteiger partial charge is 0.223 e. The first-order valence-electron chi connectivity index (χ1n) is 6.77. The minimum Gasteiger partial charge on any atom is -0.497 e. The van der Waals surface area contributed by atoms with Gasteiger partial charge >= 0.3 is 0 Å². The second-order valence-corrected chi connectivity index (χ2v) is 4.44. The first-order chi connectivity index (χ1) is 9.53. The standard InChI is InChI=1S/C15H22N2O3/c1-4-17(5-2)15(19)9-8-14(18)12-10-11(20-3)6-7-13(12)16/h6-7,10H,4-5,8-9,16H2,1-3H3. The van der Waals surface area contributed by atoms with Crippen molar-refractivity contribution in [3.63, 3.8) is 0 Å². The van der Waals surface area contributed by atoms with Gasteiger partial charge < -0.3 is 15.4 Å².